The lowest BCUT2D eigenvalue weighted by molar-refractivity contribution is -0.135. The Balaban J connectivity index is 1.88. The summed E-state index contributed by atoms with van der Waals surface area (Å²) in [4.78, 5) is 26.2. The van der Waals surface area contributed by atoms with Crippen molar-refractivity contribution in [1.29, 1.82) is 0 Å². The topological polar surface area (TPSA) is 61.4 Å². The number of hydrogen-bond acceptors (Lipinski definition) is 3. The van der Waals surface area contributed by atoms with E-state index in [2.05, 4.69) is 10.6 Å². The van der Waals surface area contributed by atoms with Crippen molar-refractivity contribution in [2.75, 3.05) is 25.5 Å². The number of rotatable bonds is 2. The van der Waals surface area contributed by atoms with Gasteiger partial charge in [0.05, 0.1) is 5.92 Å². The van der Waals surface area contributed by atoms with E-state index in [4.69, 9.17) is 0 Å². The molecule has 3 rings (SSSR count). The summed E-state index contributed by atoms with van der Waals surface area (Å²) in [6.07, 6.45) is 1.03. The zero-order valence-corrected chi connectivity index (χ0v) is 11.9. The molecule has 2 heterocycles. The van der Waals surface area contributed by atoms with Crippen LogP contribution in [0.15, 0.2) is 18.2 Å². The smallest absolute Gasteiger partial charge is 0.230 e. The third kappa shape index (κ3) is 2.63. The van der Waals surface area contributed by atoms with Gasteiger partial charge in [-0.1, -0.05) is 6.07 Å². The van der Waals surface area contributed by atoms with E-state index in [1.54, 1.807) is 18.0 Å². The Hall–Kier alpha value is -1.95. The molecule has 0 bridgehead atoms. The summed E-state index contributed by atoms with van der Waals surface area (Å²) in [7, 11) is 1.77. The Labute approximate surface area is 122 Å². The lowest BCUT2D eigenvalue weighted by Gasteiger charge is -2.31. The van der Waals surface area contributed by atoms with Gasteiger partial charge in [0.2, 0.25) is 11.8 Å². The quantitative estimate of drug-likeness (QED) is 0.857. The van der Waals surface area contributed by atoms with Crippen molar-refractivity contribution in [2.24, 2.45) is 0 Å². The third-order valence-corrected chi connectivity index (χ3v) is 4.28. The highest BCUT2D eigenvalue weighted by atomic mass is 19.1. The van der Waals surface area contributed by atoms with E-state index in [0.29, 0.717) is 11.3 Å². The second-order valence-corrected chi connectivity index (χ2v) is 5.63. The second kappa shape index (κ2) is 5.44. The van der Waals surface area contributed by atoms with Crippen molar-refractivity contribution in [3.63, 3.8) is 0 Å². The number of hydrogen-bond donors (Lipinski definition) is 2. The van der Waals surface area contributed by atoms with Crippen LogP contribution in [-0.2, 0) is 9.59 Å². The van der Waals surface area contributed by atoms with Gasteiger partial charge in [-0.3, -0.25) is 9.59 Å². The molecular formula is C15H18FN3O2. The number of amides is 2. The molecule has 0 spiro atoms. The van der Waals surface area contributed by atoms with Gasteiger partial charge in [-0.15, -0.1) is 0 Å². The van der Waals surface area contributed by atoms with E-state index in [1.165, 1.54) is 12.1 Å². The lowest BCUT2D eigenvalue weighted by atomic mass is 9.89. The van der Waals surface area contributed by atoms with Crippen LogP contribution in [-0.4, -0.2) is 42.9 Å². The maximum Gasteiger partial charge on any atom is 0.230 e. The number of nitrogens with zero attached hydrogens (tertiary/aromatic N) is 1. The van der Waals surface area contributed by atoms with Crippen LogP contribution in [0.25, 0.3) is 0 Å². The van der Waals surface area contributed by atoms with Crippen LogP contribution in [0, 0.1) is 5.82 Å². The average molecular weight is 291 g/mol. The number of anilines is 1. The maximum atomic E-state index is 13.3. The Kier molecular flexibility index (Phi) is 3.63. The van der Waals surface area contributed by atoms with Crippen LogP contribution in [0.1, 0.15) is 24.3 Å². The molecule has 6 heteroatoms. The molecule has 2 unspecified atom stereocenters. The Morgan fingerprint density at radius 3 is 2.95 bits per heavy atom. The van der Waals surface area contributed by atoms with Crippen LogP contribution in [0.4, 0.5) is 10.1 Å². The summed E-state index contributed by atoms with van der Waals surface area (Å²) in [6.45, 7) is 1.67. The molecule has 2 atom stereocenters. The number of benzene rings is 1. The van der Waals surface area contributed by atoms with Crippen molar-refractivity contribution >= 4 is 17.5 Å². The number of nitrogens with one attached hydrogen (secondary N) is 2. The molecule has 1 aromatic rings. The highest BCUT2D eigenvalue weighted by Gasteiger charge is 2.35. The van der Waals surface area contributed by atoms with E-state index in [9.17, 15) is 14.0 Å². The molecule has 2 N–H and O–H groups in total. The van der Waals surface area contributed by atoms with Gasteiger partial charge in [-0.2, -0.15) is 0 Å². The van der Waals surface area contributed by atoms with Gasteiger partial charge in [0.25, 0.3) is 0 Å². The molecule has 2 aliphatic heterocycles. The first-order valence-corrected chi connectivity index (χ1v) is 7.13. The first-order chi connectivity index (χ1) is 10.1. The summed E-state index contributed by atoms with van der Waals surface area (Å²) in [5, 5.41) is 5.86. The van der Waals surface area contributed by atoms with Crippen LogP contribution >= 0.6 is 0 Å². The molecule has 0 saturated carbocycles. The van der Waals surface area contributed by atoms with Crippen molar-refractivity contribution in [1.82, 2.24) is 10.2 Å². The van der Waals surface area contributed by atoms with Gasteiger partial charge in [0, 0.05) is 31.7 Å². The fourth-order valence-corrected chi connectivity index (χ4v) is 3.05. The predicted octanol–water partition coefficient (Wildman–Crippen LogP) is 1.07. The Morgan fingerprint density at radius 1 is 1.43 bits per heavy atom. The fraction of sp³-hybridized carbons (Fsp3) is 0.467. The summed E-state index contributed by atoms with van der Waals surface area (Å²) in [5.74, 6) is -1.27. The van der Waals surface area contributed by atoms with Crippen LogP contribution in [0.3, 0.4) is 0 Å². The largest absolute Gasteiger partial charge is 0.341 e. The SMILES string of the molecule is CN(C(=O)C1CC(=O)Nc2cc(F)ccc21)C1CCNC1. The lowest BCUT2D eigenvalue weighted by Crippen LogP contribution is -2.43. The van der Waals surface area contributed by atoms with Crippen LogP contribution in [0.2, 0.25) is 0 Å². The molecule has 2 amide bonds. The number of halogens is 1. The normalized spacial score (nSPS) is 24.4. The van der Waals surface area contributed by atoms with Crippen molar-refractivity contribution < 1.29 is 14.0 Å². The average Bonchev–Trinajstić information content (AvgIpc) is 2.98. The van der Waals surface area contributed by atoms with Crippen LogP contribution in [0.5, 0.6) is 0 Å². The minimum atomic E-state index is -0.528. The Bertz CT molecular complexity index is 584. The van der Waals surface area contributed by atoms with Crippen molar-refractivity contribution in [3.8, 4) is 0 Å². The van der Waals surface area contributed by atoms with E-state index in [0.717, 1.165) is 19.5 Å². The van der Waals surface area contributed by atoms with E-state index in [-0.39, 0.29) is 24.3 Å². The highest BCUT2D eigenvalue weighted by Crippen LogP contribution is 2.34. The molecule has 0 aliphatic carbocycles. The molecule has 1 aromatic carbocycles. The first kappa shape index (κ1) is 14.0. The molecule has 0 aromatic heterocycles. The van der Waals surface area contributed by atoms with Gasteiger partial charge < -0.3 is 15.5 Å². The molecule has 1 saturated heterocycles. The molecule has 1 fully saturated rings. The minimum absolute atomic E-state index is 0.0774. The molecule has 5 nitrogen and oxygen atoms in total. The highest BCUT2D eigenvalue weighted by molar-refractivity contribution is 6.01. The molecular weight excluding hydrogens is 273 g/mol. The summed E-state index contributed by atoms with van der Waals surface area (Å²) in [6, 6.07) is 4.34. The van der Waals surface area contributed by atoms with Gasteiger partial charge in [-0.05, 0) is 30.7 Å². The van der Waals surface area contributed by atoms with Crippen molar-refractivity contribution in [3.05, 3.63) is 29.6 Å². The van der Waals surface area contributed by atoms with Crippen LogP contribution < -0.4 is 10.6 Å². The molecule has 21 heavy (non-hydrogen) atoms. The standard InChI is InChI=1S/C15H18FN3O2/c1-19(10-4-5-17-8-10)15(21)12-7-14(20)18-13-6-9(16)2-3-11(12)13/h2-3,6,10,12,17H,4-5,7-8H2,1H3,(H,18,20). The van der Waals surface area contributed by atoms with Crippen molar-refractivity contribution in [2.45, 2.75) is 24.8 Å². The van der Waals surface area contributed by atoms with E-state index < -0.39 is 11.7 Å². The summed E-state index contributed by atoms with van der Waals surface area (Å²) < 4.78 is 13.3. The van der Waals surface area contributed by atoms with Gasteiger partial charge in [0.1, 0.15) is 5.82 Å². The second-order valence-electron chi connectivity index (χ2n) is 5.63. The summed E-state index contributed by atoms with van der Waals surface area (Å²) in [5.41, 5.74) is 1.10. The minimum Gasteiger partial charge on any atom is -0.341 e. The Morgan fingerprint density at radius 2 is 2.24 bits per heavy atom. The number of likely N-dealkylation sites (N-methyl/N-ethyl adjacent to an activating group) is 1. The first-order valence-electron chi connectivity index (χ1n) is 7.13. The van der Waals surface area contributed by atoms with Gasteiger partial charge in [-0.25, -0.2) is 4.39 Å². The van der Waals surface area contributed by atoms with E-state index in [1.807, 2.05) is 0 Å². The zero-order valence-electron chi connectivity index (χ0n) is 11.9. The van der Waals surface area contributed by atoms with Gasteiger partial charge in [0.15, 0.2) is 0 Å². The molecule has 0 radical (unpaired) electrons. The van der Waals surface area contributed by atoms with E-state index >= 15 is 0 Å². The number of fused-ring (bicyclic) bond motifs is 1. The fourth-order valence-electron chi connectivity index (χ4n) is 3.05. The number of carbonyl (C=O) groups excluding carboxylic acids is 2. The molecule has 2 aliphatic rings. The number of carbonyl (C=O) groups is 2. The zero-order chi connectivity index (χ0) is 15.0. The monoisotopic (exact) mass is 291 g/mol. The predicted molar refractivity (Wildman–Crippen MR) is 76.4 cm³/mol. The van der Waals surface area contributed by atoms with Gasteiger partial charge >= 0.3 is 0 Å². The molecule has 112 valence electrons. The maximum absolute atomic E-state index is 13.3. The summed E-state index contributed by atoms with van der Waals surface area (Å²) >= 11 is 0. The third-order valence-electron chi connectivity index (χ3n) is 4.28.